The summed E-state index contributed by atoms with van der Waals surface area (Å²) in [6.07, 6.45) is 6.22. The Labute approximate surface area is 131 Å². The zero-order valence-corrected chi connectivity index (χ0v) is 13.2. The van der Waals surface area contributed by atoms with Gasteiger partial charge < -0.3 is 15.8 Å². The summed E-state index contributed by atoms with van der Waals surface area (Å²) in [5, 5.41) is 3.50. The number of amides is 1. The molecule has 3 N–H and O–H groups in total. The van der Waals surface area contributed by atoms with Gasteiger partial charge in [0.2, 0.25) is 5.91 Å². The third kappa shape index (κ3) is 3.69. The summed E-state index contributed by atoms with van der Waals surface area (Å²) in [4.78, 5) is 12.7. The van der Waals surface area contributed by atoms with Crippen LogP contribution in [0, 0.1) is 5.41 Å². The van der Waals surface area contributed by atoms with E-state index in [0.29, 0.717) is 23.0 Å². The fraction of sp³-hybridized carbons (Fsp3) is 0.562. The van der Waals surface area contributed by atoms with E-state index >= 15 is 0 Å². The first-order chi connectivity index (χ1) is 10.1. The number of methoxy groups -OCH3 is 1. The maximum Gasteiger partial charge on any atom is 0.231 e. The normalized spacial score (nSPS) is 17.9. The molecule has 21 heavy (non-hydrogen) atoms. The van der Waals surface area contributed by atoms with Gasteiger partial charge in [0, 0.05) is 18.3 Å². The van der Waals surface area contributed by atoms with Crippen molar-refractivity contribution in [1.82, 2.24) is 0 Å². The standard InChI is InChI=1S/C16H23ClN2O2/c1-21-14-10-12(6-7-13(14)17)19-15(20)16(11-18)8-4-2-3-5-9-16/h6-7,10H,2-5,8-9,11,18H2,1H3,(H,19,20). The SMILES string of the molecule is COc1cc(NC(=O)C2(CN)CCCCCC2)ccc1Cl. The molecule has 0 atom stereocenters. The van der Waals surface area contributed by atoms with Gasteiger partial charge in [0.25, 0.3) is 0 Å². The Kier molecular flexibility index (Phi) is 5.48. The van der Waals surface area contributed by atoms with Crippen molar-refractivity contribution in [1.29, 1.82) is 0 Å². The third-order valence-corrected chi connectivity index (χ3v) is 4.65. The van der Waals surface area contributed by atoms with Crippen LogP contribution in [0.2, 0.25) is 5.02 Å². The molecule has 1 saturated carbocycles. The van der Waals surface area contributed by atoms with Gasteiger partial charge in [0.05, 0.1) is 17.5 Å². The number of nitrogens with one attached hydrogen (secondary N) is 1. The Balaban J connectivity index is 2.15. The van der Waals surface area contributed by atoms with E-state index in [2.05, 4.69) is 5.32 Å². The van der Waals surface area contributed by atoms with Gasteiger partial charge >= 0.3 is 0 Å². The average molecular weight is 311 g/mol. The number of rotatable bonds is 4. The molecule has 4 nitrogen and oxygen atoms in total. The van der Waals surface area contributed by atoms with E-state index < -0.39 is 5.41 Å². The van der Waals surface area contributed by atoms with E-state index in [9.17, 15) is 4.79 Å². The summed E-state index contributed by atoms with van der Waals surface area (Å²) < 4.78 is 5.18. The quantitative estimate of drug-likeness (QED) is 0.835. The maximum atomic E-state index is 12.7. The Morgan fingerprint density at radius 3 is 2.57 bits per heavy atom. The minimum atomic E-state index is -0.441. The van der Waals surface area contributed by atoms with Crippen molar-refractivity contribution in [3.63, 3.8) is 0 Å². The first kappa shape index (κ1) is 16.1. The summed E-state index contributed by atoms with van der Waals surface area (Å²) >= 11 is 6.00. The van der Waals surface area contributed by atoms with Crippen LogP contribution in [-0.2, 0) is 4.79 Å². The topological polar surface area (TPSA) is 64.3 Å². The van der Waals surface area contributed by atoms with Crippen LogP contribution in [0.3, 0.4) is 0 Å². The zero-order chi connectivity index (χ0) is 15.3. The van der Waals surface area contributed by atoms with Gasteiger partial charge in [-0.2, -0.15) is 0 Å². The summed E-state index contributed by atoms with van der Waals surface area (Å²) in [6.45, 7) is 0.392. The first-order valence-corrected chi connectivity index (χ1v) is 7.84. The van der Waals surface area contributed by atoms with Crippen LogP contribution >= 0.6 is 11.6 Å². The predicted molar refractivity (Wildman–Crippen MR) is 85.8 cm³/mol. The number of hydrogen-bond donors (Lipinski definition) is 2. The average Bonchev–Trinajstić information content (AvgIpc) is 2.75. The molecule has 0 unspecified atom stereocenters. The molecule has 1 fully saturated rings. The van der Waals surface area contributed by atoms with Gasteiger partial charge in [0.1, 0.15) is 5.75 Å². The lowest BCUT2D eigenvalue weighted by Crippen LogP contribution is -2.42. The summed E-state index contributed by atoms with van der Waals surface area (Å²) in [5.41, 5.74) is 6.19. The lowest BCUT2D eigenvalue weighted by molar-refractivity contribution is -0.125. The van der Waals surface area contributed by atoms with Crippen LogP contribution in [-0.4, -0.2) is 19.6 Å². The number of hydrogen-bond acceptors (Lipinski definition) is 3. The van der Waals surface area contributed by atoms with Crippen LogP contribution in [0.5, 0.6) is 5.75 Å². The number of carbonyl (C=O) groups is 1. The van der Waals surface area contributed by atoms with Crippen molar-refractivity contribution in [3.8, 4) is 5.75 Å². The molecule has 1 aliphatic carbocycles. The molecule has 0 saturated heterocycles. The van der Waals surface area contributed by atoms with Gasteiger partial charge in [-0.15, -0.1) is 0 Å². The smallest absolute Gasteiger partial charge is 0.231 e. The molecule has 1 amide bonds. The molecule has 5 heteroatoms. The van der Waals surface area contributed by atoms with Gasteiger partial charge in [-0.05, 0) is 25.0 Å². The van der Waals surface area contributed by atoms with E-state index in [-0.39, 0.29) is 5.91 Å². The van der Waals surface area contributed by atoms with Crippen molar-refractivity contribution in [2.24, 2.45) is 11.1 Å². The second kappa shape index (κ2) is 7.14. The predicted octanol–water partition coefficient (Wildman–Crippen LogP) is 3.59. The lowest BCUT2D eigenvalue weighted by atomic mass is 9.79. The maximum absolute atomic E-state index is 12.7. The highest BCUT2D eigenvalue weighted by atomic mass is 35.5. The summed E-state index contributed by atoms with van der Waals surface area (Å²) in [7, 11) is 1.56. The fourth-order valence-electron chi connectivity index (χ4n) is 2.93. The second-order valence-corrected chi connectivity index (χ2v) is 6.11. The number of carbonyl (C=O) groups excluding carboxylic acids is 1. The Morgan fingerprint density at radius 2 is 2.00 bits per heavy atom. The lowest BCUT2D eigenvalue weighted by Gasteiger charge is -2.29. The monoisotopic (exact) mass is 310 g/mol. The van der Waals surface area contributed by atoms with E-state index in [1.807, 2.05) is 0 Å². The number of benzene rings is 1. The second-order valence-electron chi connectivity index (χ2n) is 5.70. The summed E-state index contributed by atoms with van der Waals surface area (Å²) in [6, 6.07) is 5.24. The summed E-state index contributed by atoms with van der Waals surface area (Å²) in [5.74, 6) is 0.563. The van der Waals surface area contributed by atoms with Gasteiger partial charge in [0.15, 0.2) is 0 Å². The highest BCUT2D eigenvalue weighted by Gasteiger charge is 2.37. The Morgan fingerprint density at radius 1 is 1.33 bits per heavy atom. The molecule has 1 aromatic carbocycles. The van der Waals surface area contributed by atoms with Crippen molar-refractivity contribution in [2.45, 2.75) is 38.5 Å². The molecule has 2 rings (SSSR count). The molecule has 1 aromatic rings. The molecule has 0 aromatic heterocycles. The molecule has 0 heterocycles. The number of halogens is 1. The van der Waals surface area contributed by atoms with Crippen LogP contribution in [0.15, 0.2) is 18.2 Å². The first-order valence-electron chi connectivity index (χ1n) is 7.46. The molecule has 116 valence electrons. The van der Waals surface area contributed by atoms with E-state index in [1.165, 1.54) is 12.8 Å². The molecular formula is C16H23ClN2O2. The van der Waals surface area contributed by atoms with Gasteiger partial charge in [-0.1, -0.05) is 37.3 Å². The minimum Gasteiger partial charge on any atom is -0.495 e. The van der Waals surface area contributed by atoms with E-state index in [4.69, 9.17) is 22.1 Å². The largest absolute Gasteiger partial charge is 0.495 e. The van der Waals surface area contributed by atoms with E-state index in [1.54, 1.807) is 25.3 Å². The van der Waals surface area contributed by atoms with Crippen molar-refractivity contribution in [3.05, 3.63) is 23.2 Å². The molecule has 1 aliphatic rings. The number of ether oxygens (including phenoxy) is 1. The minimum absolute atomic E-state index is 0.0104. The van der Waals surface area contributed by atoms with Crippen LogP contribution in [0.1, 0.15) is 38.5 Å². The van der Waals surface area contributed by atoms with Crippen molar-refractivity contribution >= 4 is 23.2 Å². The van der Waals surface area contributed by atoms with Crippen LogP contribution < -0.4 is 15.8 Å². The Hall–Kier alpha value is -1.26. The third-order valence-electron chi connectivity index (χ3n) is 4.34. The van der Waals surface area contributed by atoms with Gasteiger partial charge in [-0.25, -0.2) is 0 Å². The van der Waals surface area contributed by atoms with Crippen molar-refractivity contribution < 1.29 is 9.53 Å². The van der Waals surface area contributed by atoms with Crippen LogP contribution in [0.25, 0.3) is 0 Å². The Bertz CT molecular complexity index is 497. The highest BCUT2D eigenvalue weighted by molar-refractivity contribution is 6.32. The zero-order valence-electron chi connectivity index (χ0n) is 12.5. The van der Waals surface area contributed by atoms with Crippen LogP contribution in [0.4, 0.5) is 5.69 Å². The number of anilines is 1. The molecule has 0 bridgehead atoms. The fourth-order valence-corrected chi connectivity index (χ4v) is 3.13. The molecule has 0 spiro atoms. The van der Waals surface area contributed by atoms with Crippen molar-refractivity contribution in [2.75, 3.05) is 19.0 Å². The van der Waals surface area contributed by atoms with Gasteiger partial charge in [-0.3, -0.25) is 4.79 Å². The molecular weight excluding hydrogens is 288 g/mol. The molecule has 0 radical (unpaired) electrons. The van der Waals surface area contributed by atoms with E-state index in [0.717, 1.165) is 25.7 Å². The highest BCUT2D eigenvalue weighted by Crippen LogP contribution is 2.36. The molecule has 0 aliphatic heterocycles. The number of nitrogens with two attached hydrogens (primary N) is 1.